The summed E-state index contributed by atoms with van der Waals surface area (Å²) in [5.41, 5.74) is 3.80. The molecule has 1 heterocycles. The zero-order valence-corrected chi connectivity index (χ0v) is 13.8. The summed E-state index contributed by atoms with van der Waals surface area (Å²) in [4.78, 5) is 8.96. The van der Waals surface area contributed by atoms with Crippen LogP contribution in [0.25, 0.3) is 0 Å². The highest BCUT2D eigenvalue weighted by Crippen LogP contribution is 2.41. The van der Waals surface area contributed by atoms with Gasteiger partial charge in [0.1, 0.15) is 0 Å². The third kappa shape index (κ3) is 4.09. The summed E-state index contributed by atoms with van der Waals surface area (Å²) in [5, 5.41) is 6.87. The Labute approximate surface area is 138 Å². The third-order valence-electron chi connectivity index (χ3n) is 4.17. The van der Waals surface area contributed by atoms with Crippen LogP contribution in [-0.4, -0.2) is 23.5 Å². The van der Waals surface area contributed by atoms with E-state index in [0.29, 0.717) is 18.5 Å². The molecule has 3 rings (SSSR count). The molecule has 0 bridgehead atoms. The molecule has 0 radical (unpaired) electrons. The van der Waals surface area contributed by atoms with Gasteiger partial charge in [-0.2, -0.15) is 0 Å². The van der Waals surface area contributed by atoms with Gasteiger partial charge in [0, 0.05) is 24.7 Å². The maximum Gasteiger partial charge on any atom is 0.191 e. The van der Waals surface area contributed by atoms with Gasteiger partial charge < -0.3 is 10.6 Å². The first-order chi connectivity index (χ1) is 11.3. The summed E-state index contributed by atoms with van der Waals surface area (Å²) < 4.78 is 0. The van der Waals surface area contributed by atoms with E-state index in [-0.39, 0.29) is 0 Å². The molecule has 0 aliphatic heterocycles. The molecule has 1 aliphatic rings. The van der Waals surface area contributed by atoms with Crippen LogP contribution in [0, 0.1) is 6.92 Å². The maximum atomic E-state index is 4.65. The van der Waals surface area contributed by atoms with Crippen molar-refractivity contribution in [3.8, 4) is 0 Å². The Balaban J connectivity index is 1.61. The van der Waals surface area contributed by atoms with Crippen molar-refractivity contribution in [2.75, 3.05) is 6.54 Å². The molecule has 2 unspecified atom stereocenters. The van der Waals surface area contributed by atoms with Crippen LogP contribution in [0.4, 0.5) is 0 Å². The highest BCUT2D eigenvalue weighted by molar-refractivity contribution is 5.80. The standard InChI is InChI=1S/C19H24N4/c1-3-20-19(22-13-15-9-6-7-11-21-15)23-18-12-17(18)16-10-5-4-8-14(16)2/h4-11,17-18H,3,12-13H2,1-2H3,(H2,20,22,23). The lowest BCUT2D eigenvalue weighted by atomic mass is 10.0. The lowest BCUT2D eigenvalue weighted by Crippen LogP contribution is -2.39. The molecule has 4 nitrogen and oxygen atoms in total. The van der Waals surface area contributed by atoms with Crippen molar-refractivity contribution in [3.05, 3.63) is 65.5 Å². The highest BCUT2D eigenvalue weighted by Gasteiger charge is 2.39. The van der Waals surface area contributed by atoms with Crippen LogP contribution < -0.4 is 10.6 Å². The van der Waals surface area contributed by atoms with Crippen molar-refractivity contribution in [1.29, 1.82) is 0 Å². The van der Waals surface area contributed by atoms with E-state index in [0.717, 1.165) is 18.2 Å². The number of benzene rings is 1. The number of nitrogens with one attached hydrogen (secondary N) is 2. The number of aliphatic imine (C=N–C) groups is 1. The van der Waals surface area contributed by atoms with E-state index in [2.05, 4.69) is 58.7 Å². The van der Waals surface area contributed by atoms with Gasteiger partial charge in [-0.05, 0) is 43.5 Å². The Hall–Kier alpha value is -2.36. The van der Waals surface area contributed by atoms with E-state index in [1.165, 1.54) is 17.5 Å². The molecule has 2 N–H and O–H groups in total. The van der Waals surface area contributed by atoms with Crippen LogP contribution in [-0.2, 0) is 6.54 Å². The predicted molar refractivity (Wildman–Crippen MR) is 94.5 cm³/mol. The average Bonchev–Trinajstić information content (AvgIpc) is 3.33. The number of hydrogen-bond acceptors (Lipinski definition) is 2. The number of pyridine rings is 1. The van der Waals surface area contributed by atoms with Crippen LogP contribution in [0.3, 0.4) is 0 Å². The van der Waals surface area contributed by atoms with Gasteiger partial charge in [-0.3, -0.25) is 4.98 Å². The van der Waals surface area contributed by atoms with Crippen LogP contribution in [0.15, 0.2) is 53.7 Å². The van der Waals surface area contributed by atoms with Crippen LogP contribution >= 0.6 is 0 Å². The molecule has 1 saturated carbocycles. The SMILES string of the molecule is CCNC(=NCc1ccccn1)NC1CC1c1ccccc1C. The normalized spacial score (nSPS) is 20.2. The van der Waals surface area contributed by atoms with Crippen molar-refractivity contribution in [2.24, 2.45) is 4.99 Å². The van der Waals surface area contributed by atoms with Gasteiger partial charge in [-0.1, -0.05) is 30.3 Å². The highest BCUT2D eigenvalue weighted by atomic mass is 15.2. The molecule has 0 spiro atoms. The van der Waals surface area contributed by atoms with Gasteiger partial charge in [0.2, 0.25) is 0 Å². The smallest absolute Gasteiger partial charge is 0.191 e. The van der Waals surface area contributed by atoms with Crippen molar-refractivity contribution < 1.29 is 0 Å². The lowest BCUT2D eigenvalue weighted by Gasteiger charge is -2.12. The summed E-state index contributed by atoms with van der Waals surface area (Å²) in [6, 6.07) is 15.0. The fraction of sp³-hybridized carbons (Fsp3) is 0.368. The Bertz CT molecular complexity index is 666. The van der Waals surface area contributed by atoms with E-state index >= 15 is 0 Å². The topological polar surface area (TPSA) is 49.3 Å². The molecule has 1 aromatic carbocycles. The molecule has 1 fully saturated rings. The van der Waals surface area contributed by atoms with Crippen molar-refractivity contribution in [2.45, 2.75) is 38.8 Å². The van der Waals surface area contributed by atoms with Crippen molar-refractivity contribution >= 4 is 5.96 Å². The second-order valence-electron chi connectivity index (χ2n) is 5.97. The first kappa shape index (κ1) is 15.5. The molecule has 2 atom stereocenters. The minimum Gasteiger partial charge on any atom is -0.357 e. The van der Waals surface area contributed by atoms with Gasteiger partial charge in [-0.25, -0.2) is 4.99 Å². The Morgan fingerprint density at radius 3 is 2.78 bits per heavy atom. The number of aromatic nitrogens is 1. The van der Waals surface area contributed by atoms with E-state index in [1.807, 2.05) is 18.2 Å². The number of guanidine groups is 1. The molecule has 1 aliphatic carbocycles. The van der Waals surface area contributed by atoms with Gasteiger partial charge in [0.05, 0.1) is 12.2 Å². The molecule has 0 amide bonds. The molecule has 120 valence electrons. The number of hydrogen-bond donors (Lipinski definition) is 2. The lowest BCUT2D eigenvalue weighted by molar-refractivity contribution is 0.791. The average molecular weight is 308 g/mol. The van der Waals surface area contributed by atoms with Crippen molar-refractivity contribution in [1.82, 2.24) is 15.6 Å². The molecule has 23 heavy (non-hydrogen) atoms. The third-order valence-corrected chi connectivity index (χ3v) is 4.17. The molecule has 1 aromatic heterocycles. The summed E-state index contributed by atoms with van der Waals surface area (Å²) in [6.07, 6.45) is 2.97. The van der Waals surface area contributed by atoms with Crippen LogP contribution in [0.5, 0.6) is 0 Å². The summed E-state index contributed by atoms with van der Waals surface area (Å²) >= 11 is 0. The van der Waals surface area contributed by atoms with Crippen LogP contribution in [0.2, 0.25) is 0 Å². The van der Waals surface area contributed by atoms with E-state index in [9.17, 15) is 0 Å². The Morgan fingerprint density at radius 2 is 2.04 bits per heavy atom. The Morgan fingerprint density at radius 1 is 1.22 bits per heavy atom. The summed E-state index contributed by atoms with van der Waals surface area (Å²) in [7, 11) is 0. The second-order valence-corrected chi connectivity index (χ2v) is 5.97. The second kappa shape index (κ2) is 7.27. The minimum absolute atomic E-state index is 0.470. The fourth-order valence-electron chi connectivity index (χ4n) is 2.85. The monoisotopic (exact) mass is 308 g/mol. The van der Waals surface area contributed by atoms with Crippen LogP contribution in [0.1, 0.15) is 36.1 Å². The molecule has 0 saturated heterocycles. The van der Waals surface area contributed by atoms with E-state index in [4.69, 9.17) is 0 Å². The fourth-order valence-corrected chi connectivity index (χ4v) is 2.85. The van der Waals surface area contributed by atoms with Gasteiger partial charge in [0.25, 0.3) is 0 Å². The first-order valence-corrected chi connectivity index (χ1v) is 8.28. The summed E-state index contributed by atoms with van der Waals surface area (Å²) in [6.45, 7) is 5.72. The zero-order chi connectivity index (χ0) is 16.1. The van der Waals surface area contributed by atoms with E-state index < -0.39 is 0 Å². The number of aryl methyl sites for hydroxylation is 1. The summed E-state index contributed by atoms with van der Waals surface area (Å²) in [5.74, 6) is 1.47. The quantitative estimate of drug-likeness (QED) is 0.659. The maximum absolute atomic E-state index is 4.65. The number of rotatable bonds is 5. The van der Waals surface area contributed by atoms with E-state index in [1.54, 1.807) is 6.20 Å². The molecular formula is C19H24N4. The van der Waals surface area contributed by atoms with Gasteiger partial charge in [0.15, 0.2) is 5.96 Å². The zero-order valence-electron chi connectivity index (χ0n) is 13.8. The van der Waals surface area contributed by atoms with Gasteiger partial charge in [-0.15, -0.1) is 0 Å². The molecule has 2 aromatic rings. The van der Waals surface area contributed by atoms with Crippen molar-refractivity contribution in [3.63, 3.8) is 0 Å². The largest absolute Gasteiger partial charge is 0.357 e. The first-order valence-electron chi connectivity index (χ1n) is 8.28. The number of nitrogens with zero attached hydrogens (tertiary/aromatic N) is 2. The minimum atomic E-state index is 0.470. The Kier molecular flexibility index (Phi) is 4.91. The van der Waals surface area contributed by atoms with Gasteiger partial charge >= 0.3 is 0 Å². The molecular weight excluding hydrogens is 284 g/mol. The molecule has 4 heteroatoms. The predicted octanol–water partition coefficient (Wildman–Crippen LogP) is 3.00.